The molecule has 1 atom stereocenters. The van der Waals surface area contributed by atoms with Crippen molar-refractivity contribution in [3.05, 3.63) is 64.7 Å². The molecule has 120 valence electrons. The Morgan fingerprint density at radius 2 is 2.09 bits per heavy atom. The molecular weight excluding hydrogens is 316 g/mol. The third-order valence-corrected chi connectivity index (χ3v) is 3.25. The topological polar surface area (TPSA) is 70.9 Å². The first-order valence-corrected chi connectivity index (χ1v) is 7.48. The largest absolute Gasteiger partial charge is 0.493 e. The summed E-state index contributed by atoms with van der Waals surface area (Å²) in [7, 11) is 0. The molecule has 6 heteroatoms. The third kappa shape index (κ3) is 4.81. The van der Waals surface area contributed by atoms with Gasteiger partial charge in [0.15, 0.2) is 6.10 Å². The molecule has 0 heterocycles. The number of hydrazone groups is 1. The van der Waals surface area contributed by atoms with E-state index in [-0.39, 0.29) is 0 Å². The van der Waals surface area contributed by atoms with Crippen molar-refractivity contribution in [3.8, 4) is 5.75 Å². The normalized spacial score (nSPS) is 12.1. The Kier molecular flexibility index (Phi) is 6.14. The highest BCUT2D eigenvalue weighted by Gasteiger charge is 2.16. The average Bonchev–Trinajstić information content (AvgIpc) is 2.57. The summed E-state index contributed by atoms with van der Waals surface area (Å²) in [6, 6.07) is 13.7. The van der Waals surface area contributed by atoms with Crippen LogP contribution in [0.15, 0.2) is 53.6 Å². The molecule has 0 radical (unpaired) electrons. The maximum Gasteiger partial charge on any atom is 0.273 e. The Labute approximate surface area is 139 Å². The van der Waals surface area contributed by atoms with Crippen LogP contribution in [0.25, 0.3) is 0 Å². The van der Waals surface area contributed by atoms with Crippen molar-refractivity contribution < 1.29 is 14.6 Å². The molecule has 2 rings (SSSR count). The highest BCUT2D eigenvalue weighted by molar-refractivity contribution is 6.30. The maximum absolute atomic E-state index is 11.9. The molecule has 2 N–H and O–H groups in total. The zero-order valence-corrected chi connectivity index (χ0v) is 13.3. The number of carbonyl (C=O) groups excluding carboxylic acids is 1. The molecule has 23 heavy (non-hydrogen) atoms. The van der Waals surface area contributed by atoms with Crippen molar-refractivity contribution >= 4 is 23.7 Å². The van der Waals surface area contributed by atoms with E-state index >= 15 is 0 Å². The van der Waals surface area contributed by atoms with E-state index in [4.69, 9.17) is 16.3 Å². The first kappa shape index (κ1) is 17.0. The molecule has 5 nitrogen and oxygen atoms in total. The number of nitrogens with one attached hydrogen (secondary N) is 1. The second-order valence-electron chi connectivity index (χ2n) is 4.66. The van der Waals surface area contributed by atoms with E-state index in [9.17, 15) is 9.90 Å². The maximum atomic E-state index is 11.9. The van der Waals surface area contributed by atoms with E-state index in [0.29, 0.717) is 28.5 Å². The summed E-state index contributed by atoms with van der Waals surface area (Å²) in [6.45, 7) is 2.37. The Balaban J connectivity index is 2.04. The first-order chi connectivity index (χ1) is 11.1. The molecule has 1 amide bonds. The number of hydrogen-bond donors (Lipinski definition) is 2. The van der Waals surface area contributed by atoms with Crippen LogP contribution >= 0.6 is 11.6 Å². The SMILES string of the molecule is CCOc1ccc(Cl)cc1/C=N\NC(=O)[C@@H](O)c1ccccc1. The Hall–Kier alpha value is -2.37. The number of halogens is 1. The van der Waals surface area contributed by atoms with Crippen molar-refractivity contribution in [1.29, 1.82) is 0 Å². The van der Waals surface area contributed by atoms with Crippen LogP contribution in [0.5, 0.6) is 5.75 Å². The van der Waals surface area contributed by atoms with Gasteiger partial charge in [0.25, 0.3) is 5.91 Å². The Morgan fingerprint density at radius 3 is 2.78 bits per heavy atom. The van der Waals surface area contributed by atoms with Crippen LogP contribution in [-0.2, 0) is 4.79 Å². The molecule has 0 saturated carbocycles. The zero-order chi connectivity index (χ0) is 16.7. The van der Waals surface area contributed by atoms with Crippen molar-refractivity contribution in [2.24, 2.45) is 5.10 Å². The second kappa shape index (κ2) is 8.31. The van der Waals surface area contributed by atoms with Crippen LogP contribution in [0.4, 0.5) is 0 Å². The van der Waals surface area contributed by atoms with Gasteiger partial charge in [0.1, 0.15) is 5.75 Å². The summed E-state index contributed by atoms with van der Waals surface area (Å²) in [6.07, 6.45) is 0.144. The molecule has 0 saturated heterocycles. The molecule has 0 unspecified atom stereocenters. The van der Waals surface area contributed by atoms with Gasteiger partial charge in [-0.15, -0.1) is 0 Å². The number of amides is 1. The summed E-state index contributed by atoms with van der Waals surface area (Å²) < 4.78 is 5.45. The number of rotatable bonds is 6. The van der Waals surface area contributed by atoms with Crippen LogP contribution in [0.3, 0.4) is 0 Å². The average molecular weight is 333 g/mol. The molecule has 0 fully saturated rings. The third-order valence-electron chi connectivity index (χ3n) is 3.01. The van der Waals surface area contributed by atoms with Crippen LogP contribution in [0, 0.1) is 0 Å². The minimum absolute atomic E-state index is 0.498. The van der Waals surface area contributed by atoms with Crippen LogP contribution in [0.1, 0.15) is 24.2 Å². The molecule has 0 aliphatic carbocycles. The molecule has 0 aliphatic rings. The van der Waals surface area contributed by atoms with Gasteiger partial charge in [0.05, 0.1) is 12.8 Å². The zero-order valence-electron chi connectivity index (χ0n) is 12.6. The summed E-state index contributed by atoms with van der Waals surface area (Å²) >= 11 is 5.94. The van der Waals surface area contributed by atoms with Crippen molar-refractivity contribution in [2.75, 3.05) is 6.61 Å². The predicted molar refractivity (Wildman–Crippen MR) is 89.8 cm³/mol. The van der Waals surface area contributed by atoms with Crippen LogP contribution in [-0.4, -0.2) is 23.8 Å². The van der Waals surface area contributed by atoms with E-state index < -0.39 is 12.0 Å². The highest BCUT2D eigenvalue weighted by atomic mass is 35.5. The summed E-state index contributed by atoms with van der Waals surface area (Å²) in [5.41, 5.74) is 3.43. The number of nitrogens with zero attached hydrogens (tertiary/aromatic N) is 1. The number of aliphatic hydroxyl groups excluding tert-OH is 1. The Morgan fingerprint density at radius 1 is 1.35 bits per heavy atom. The van der Waals surface area contributed by atoms with Crippen molar-refractivity contribution in [3.63, 3.8) is 0 Å². The fourth-order valence-corrected chi connectivity index (χ4v) is 2.10. The molecule has 0 aromatic heterocycles. The van der Waals surface area contributed by atoms with Crippen LogP contribution < -0.4 is 10.2 Å². The highest BCUT2D eigenvalue weighted by Crippen LogP contribution is 2.21. The van der Waals surface area contributed by atoms with E-state index in [0.717, 1.165) is 0 Å². The van der Waals surface area contributed by atoms with Gasteiger partial charge in [-0.25, -0.2) is 5.43 Å². The second-order valence-corrected chi connectivity index (χ2v) is 5.10. The van der Waals surface area contributed by atoms with E-state index in [2.05, 4.69) is 10.5 Å². The monoisotopic (exact) mass is 332 g/mol. The number of carbonyl (C=O) groups is 1. The molecule has 2 aromatic carbocycles. The minimum Gasteiger partial charge on any atom is -0.493 e. The lowest BCUT2D eigenvalue weighted by molar-refractivity contribution is -0.129. The van der Waals surface area contributed by atoms with Crippen molar-refractivity contribution in [2.45, 2.75) is 13.0 Å². The van der Waals surface area contributed by atoms with E-state index in [1.807, 2.05) is 6.92 Å². The fourth-order valence-electron chi connectivity index (χ4n) is 1.92. The lowest BCUT2D eigenvalue weighted by atomic mass is 10.1. The quantitative estimate of drug-likeness (QED) is 0.631. The van der Waals surface area contributed by atoms with E-state index in [1.165, 1.54) is 6.21 Å². The van der Waals surface area contributed by atoms with Gasteiger partial charge in [0, 0.05) is 10.6 Å². The summed E-state index contributed by atoms with van der Waals surface area (Å²) in [5, 5.41) is 14.3. The Bertz CT molecular complexity index is 689. The molecule has 0 spiro atoms. The molecule has 2 aromatic rings. The standard InChI is InChI=1S/C17H17ClN2O3/c1-2-23-15-9-8-14(18)10-13(15)11-19-20-17(22)16(21)12-6-4-3-5-7-12/h3-11,16,21H,2H2,1H3,(H,20,22)/b19-11-/t16-/m0/s1. The van der Waals surface area contributed by atoms with Gasteiger partial charge >= 0.3 is 0 Å². The smallest absolute Gasteiger partial charge is 0.273 e. The number of ether oxygens (including phenoxy) is 1. The van der Waals surface area contributed by atoms with Gasteiger partial charge < -0.3 is 9.84 Å². The van der Waals surface area contributed by atoms with E-state index in [1.54, 1.807) is 48.5 Å². The lowest BCUT2D eigenvalue weighted by Crippen LogP contribution is -2.25. The van der Waals surface area contributed by atoms with Gasteiger partial charge in [0.2, 0.25) is 0 Å². The lowest BCUT2D eigenvalue weighted by Gasteiger charge is -2.09. The van der Waals surface area contributed by atoms with Gasteiger partial charge in [-0.1, -0.05) is 41.9 Å². The molecule has 0 bridgehead atoms. The number of hydrogen-bond acceptors (Lipinski definition) is 4. The number of benzene rings is 2. The van der Waals surface area contributed by atoms with Gasteiger partial charge in [-0.3, -0.25) is 4.79 Å². The predicted octanol–water partition coefficient (Wildman–Crippen LogP) is 2.92. The van der Waals surface area contributed by atoms with Crippen LogP contribution in [0.2, 0.25) is 5.02 Å². The minimum atomic E-state index is -1.28. The van der Waals surface area contributed by atoms with Gasteiger partial charge in [-0.05, 0) is 30.7 Å². The molecule has 0 aliphatic heterocycles. The fraction of sp³-hybridized carbons (Fsp3) is 0.176. The van der Waals surface area contributed by atoms with Crippen molar-refractivity contribution in [1.82, 2.24) is 5.43 Å². The molecular formula is C17H17ClN2O3. The first-order valence-electron chi connectivity index (χ1n) is 7.10. The van der Waals surface area contributed by atoms with Gasteiger partial charge in [-0.2, -0.15) is 5.10 Å². The summed E-state index contributed by atoms with van der Waals surface area (Å²) in [5.74, 6) is -0.00838. The number of aliphatic hydroxyl groups is 1. The summed E-state index contributed by atoms with van der Waals surface area (Å²) in [4.78, 5) is 11.9.